The highest BCUT2D eigenvalue weighted by molar-refractivity contribution is 5.92. The molecule has 2 fully saturated rings. The van der Waals surface area contributed by atoms with E-state index in [0.717, 1.165) is 44.1 Å². The molecule has 0 unspecified atom stereocenters. The number of amides is 2. The second-order valence-electron chi connectivity index (χ2n) is 7.97. The number of carbonyl (C=O) groups excluding carboxylic acids is 2. The first kappa shape index (κ1) is 19.5. The van der Waals surface area contributed by atoms with E-state index in [4.69, 9.17) is 0 Å². The molecule has 2 aromatic rings. The average molecular weight is 399 g/mol. The Bertz CT molecular complexity index is 860. The molecule has 2 heterocycles. The first-order valence-corrected chi connectivity index (χ1v) is 10.3. The quantitative estimate of drug-likeness (QED) is 0.809. The van der Waals surface area contributed by atoms with Crippen molar-refractivity contribution in [2.24, 2.45) is 0 Å². The molecule has 2 aliphatic rings. The molecule has 0 bridgehead atoms. The molecule has 1 aromatic heterocycles. The number of nitrogens with zero attached hydrogens (tertiary/aromatic N) is 4. The first-order valence-electron chi connectivity index (χ1n) is 10.3. The molecule has 1 aliphatic heterocycles. The van der Waals surface area contributed by atoms with Crippen molar-refractivity contribution in [1.82, 2.24) is 25.2 Å². The minimum Gasteiger partial charge on any atom is -0.348 e. The van der Waals surface area contributed by atoms with Gasteiger partial charge in [0.15, 0.2) is 5.69 Å². The van der Waals surface area contributed by atoms with Gasteiger partial charge in [-0.2, -0.15) is 0 Å². The average Bonchev–Trinajstić information content (AvgIpc) is 3.46. The highest BCUT2D eigenvalue weighted by Gasteiger charge is 2.29. The lowest BCUT2D eigenvalue weighted by Crippen LogP contribution is -2.39. The van der Waals surface area contributed by atoms with E-state index in [9.17, 15) is 14.0 Å². The van der Waals surface area contributed by atoms with Gasteiger partial charge in [0, 0.05) is 12.6 Å². The number of carbonyl (C=O) groups is 2. The van der Waals surface area contributed by atoms with Gasteiger partial charge in [-0.1, -0.05) is 30.2 Å². The van der Waals surface area contributed by atoms with Gasteiger partial charge in [0.05, 0.1) is 25.2 Å². The van der Waals surface area contributed by atoms with Crippen LogP contribution in [-0.4, -0.2) is 50.3 Å². The van der Waals surface area contributed by atoms with Gasteiger partial charge in [-0.25, -0.2) is 9.07 Å². The Morgan fingerprint density at radius 2 is 1.86 bits per heavy atom. The van der Waals surface area contributed by atoms with Crippen LogP contribution in [0.3, 0.4) is 0 Å². The summed E-state index contributed by atoms with van der Waals surface area (Å²) in [6, 6.07) is 6.29. The summed E-state index contributed by atoms with van der Waals surface area (Å²) in [4.78, 5) is 26.9. The maximum absolute atomic E-state index is 13.1. The van der Waals surface area contributed by atoms with Crippen LogP contribution in [-0.2, 0) is 17.8 Å². The number of nitrogens with one attached hydrogen (secondary N) is 1. The number of halogens is 1. The Morgan fingerprint density at radius 3 is 2.62 bits per heavy atom. The molecule has 29 heavy (non-hydrogen) atoms. The van der Waals surface area contributed by atoms with E-state index in [-0.39, 0.29) is 36.1 Å². The van der Waals surface area contributed by atoms with Gasteiger partial charge in [0.2, 0.25) is 5.91 Å². The van der Waals surface area contributed by atoms with Crippen LogP contribution in [0.1, 0.15) is 54.6 Å². The second-order valence-corrected chi connectivity index (χ2v) is 7.97. The zero-order chi connectivity index (χ0) is 20.2. The Kier molecular flexibility index (Phi) is 5.87. The van der Waals surface area contributed by atoms with E-state index in [2.05, 4.69) is 15.6 Å². The van der Waals surface area contributed by atoms with Crippen LogP contribution in [0.15, 0.2) is 30.5 Å². The molecular formula is C21H26FN5O2. The molecule has 1 aliphatic carbocycles. The summed E-state index contributed by atoms with van der Waals surface area (Å²) in [5.41, 5.74) is 1.12. The van der Waals surface area contributed by atoms with Gasteiger partial charge >= 0.3 is 0 Å². The third-order valence-electron chi connectivity index (χ3n) is 5.83. The van der Waals surface area contributed by atoms with Gasteiger partial charge in [-0.05, 0) is 43.4 Å². The van der Waals surface area contributed by atoms with Gasteiger partial charge in [-0.15, -0.1) is 5.10 Å². The standard InChI is InChI=1S/C21H26FN5O2/c22-16-9-7-15(8-10-16)12-20(28)27-11-3-6-18(27)13-26-14-19(24-25-26)21(29)23-17-4-1-2-5-17/h7-10,14,17-18H,1-6,11-13H2,(H,23,29)/t18-/m0/s1. The Hall–Kier alpha value is -2.77. The molecule has 0 radical (unpaired) electrons. The summed E-state index contributed by atoms with van der Waals surface area (Å²) in [5, 5.41) is 11.1. The molecule has 1 N–H and O–H groups in total. The number of rotatable bonds is 6. The smallest absolute Gasteiger partial charge is 0.273 e. The maximum atomic E-state index is 13.1. The molecule has 1 saturated heterocycles. The molecule has 8 heteroatoms. The van der Waals surface area contributed by atoms with Gasteiger partial charge < -0.3 is 10.2 Å². The van der Waals surface area contributed by atoms with Crippen LogP contribution in [0.5, 0.6) is 0 Å². The lowest BCUT2D eigenvalue weighted by Gasteiger charge is -2.24. The fourth-order valence-corrected chi connectivity index (χ4v) is 4.27. The monoisotopic (exact) mass is 399 g/mol. The van der Waals surface area contributed by atoms with Gasteiger partial charge in [0.1, 0.15) is 5.82 Å². The van der Waals surface area contributed by atoms with Crippen LogP contribution >= 0.6 is 0 Å². The number of hydrogen-bond donors (Lipinski definition) is 1. The Balaban J connectivity index is 1.34. The Labute approximate surface area is 169 Å². The third kappa shape index (κ3) is 4.81. The minimum absolute atomic E-state index is 0.0235. The molecule has 7 nitrogen and oxygen atoms in total. The van der Waals surface area contributed by atoms with Crippen LogP contribution < -0.4 is 5.32 Å². The van der Waals surface area contributed by atoms with Crippen molar-refractivity contribution in [1.29, 1.82) is 0 Å². The predicted octanol–water partition coefficient (Wildman–Crippen LogP) is 2.32. The summed E-state index contributed by atoms with van der Waals surface area (Å²) >= 11 is 0. The molecule has 1 aromatic carbocycles. The van der Waals surface area contributed by atoms with Crippen molar-refractivity contribution < 1.29 is 14.0 Å². The van der Waals surface area contributed by atoms with Crippen molar-refractivity contribution in [2.75, 3.05) is 6.54 Å². The van der Waals surface area contributed by atoms with Crippen molar-refractivity contribution in [3.8, 4) is 0 Å². The third-order valence-corrected chi connectivity index (χ3v) is 5.83. The topological polar surface area (TPSA) is 80.1 Å². The van der Waals surface area contributed by atoms with E-state index in [0.29, 0.717) is 18.8 Å². The van der Waals surface area contributed by atoms with Crippen molar-refractivity contribution >= 4 is 11.8 Å². The van der Waals surface area contributed by atoms with E-state index < -0.39 is 0 Å². The molecule has 1 saturated carbocycles. The van der Waals surface area contributed by atoms with Crippen LogP contribution in [0.25, 0.3) is 0 Å². The Morgan fingerprint density at radius 1 is 1.10 bits per heavy atom. The summed E-state index contributed by atoms with van der Waals surface area (Å²) < 4.78 is 14.7. The van der Waals surface area contributed by atoms with Crippen LogP contribution in [0.4, 0.5) is 4.39 Å². The highest BCUT2D eigenvalue weighted by Crippen LogP contribution is 2.21. The van der Waals surface area contributed by atoms with Crippen molar-refractivity contribution in [2.45, 2.75) is 63.6 Å². The van der Waals surface area contributed by atoms with Crippen LogP contribution in [0, 0.1) is 5.82 Å². The number of benzene rings is 1. The van der Waals surface area contributed by atoms with E-state index >= 15 is 0 Å². The van der Waals surface area contributed by atoms with Crippen molar-refractivity contribution in [3.63, 3.8) is 0 Å². The number of aromatic nitrogens is 3. The molecular weight excluding hydrogens is 373 g/mol. The van der Waals surface area contributed by atoms with Gasteiger partial charge in [-0.3, -0.25) is 9.59 Å². The lowest BCUT2D eigenvalue weighted by atomic mass is 10.1. The largest absolute Gasteiger partial charge is 0.348 e. The highest BCUT2D eigenvalue weighted by atomic mass is 19.1. The minimum atomic E-state index is -0.306. The predicted molar refractivity (Wildman–Crippen MR) is 105 cm³/mol. The van der Waals surface area contributed by atoms with E-state index in [1.54, 1.807) is 23.0 Å². The number of likely N-dealkylation sites (tertiary alicyclic amines) is 1. The molecule has 0 spiro atoms. The van der Waals surface area contributed by atoms with Crippen molar-refractivity contribution in [3.05, 3.63) is 47.5 Å². The second kappa shape index (κ2) is 8.71. The van der Waals surface area contributed by atoms with E-state index in [1.165, 1.54) is 12.1 Å². The summed E-state index contributed by atoms with van der Waals surface area (Å²) in [5.74, 6) is -0.462. The SMILES string of the molecule is O=C(NC1CCCC1)c1cn(C[C@@H]2CCCN2C(=O)Cc2ccc(F)cc2)nn1. The normalized spacial score (nSPS) is 19.6. The lowest BCUT2D eigenvalue weighted by molar-refractivity contribution is -0.131. The zero-order valence-electron chi connectivity index (χ0n) is 16.4. The maximum Gasteiger partial charge on any atom is 0.273 e. The summed E-state index contributed by atoms with van der Waals surface area (Å²) in [7, 11) is 0. The zero-order valence-corrected chi connectivity index (χ0v) is 16.4. The van der Waals surface area contributed by atoms with E-state index in [1.807, 2.05) is 4.90 Å². The molecule has 1 atom stereocenters. The summed E-state index contributed by atoms with van der Waals surface area (Å²) in [6.45, 7) is 1.22. The van der Waals surface area contributed by atoms with Gasteiger partial charge in [0.25, 0.3) is 5.91 Å². The number of hydrogen-bond acceptors (Lipinski definition) is 4. The fourth-order valence-electron chi connectivity index (χ4n) is 4.27. The fraction of sp³-hybridized carbons (Fsp3) is 0.524. The molecule has 4 rings (SSSR count). The molecule has 154 valence electrons. The molecule has 2 amide bonds. The first-order chi connectivity index (χ1) is 14.1. The summed E-state index contributed by atoms with van der Waals surface area (Å²) in [6.07, 6.45) is 8.08. The van der Waals surface area contributed by atoms with Crippen LogP contribution in [0.2, 0.25) is 0 Å².